The number of nitrogens with one attached hydrogen (secondary N) is 1. The molecule has 2 aliphatic heterocycles. The van der Waals surface area contributed by atoms with Gasteiger partial charge in [-0.25, -0.2) is 41.5 Å². The van der Waals surface area contributed by atoms with E-state index >= 15 is 4.39 Å². The fourth-order valence-corrected chi connectivity index (χ4v) is 8.34. The number of hydrogen-bond acceptors (Lipinski definition) is 11. The molecular formula is C33H30F3N7O3S2. The van der Waals surface area contributed by atoms with Gasteiger partial charge in [-0.05, 0) is 61.4 Å². The third-order valence-corrected chi connectivity index (χ3v) is 11.0. The number of hydrogen-bond donors (Lipinski definition) is 1. The van der Waals surface area contributed by atoms with Gasteiger partial charge < -0.3 is 19.9 Å². The van der Waals surface area contributed by atoms with Crippen molar-refractivity contribution in [3.63, 3.8) is 0 Å². The number of thiazole rings is 1. The van der Waals surface area contributed by atoms with Crippen molar-refractivity contribution in [2.24, 2.45) is 0 Å². The molecule has 10 nitrogen and oxygen atoms in total. The van der Waals surface area contributed by atoms with Crippen LogP contribution in [0.2, 0.25) is 0 Å². The maximum atomic E-state index is 15.1. The van der Waals surface area contributed by atoms with Gasteiger partial charge in [-0.15, -0.1) is 0 Å². The Morgan fingerprint density at radius 2 is 1.62 bits per heavy atom. The average Bonchev–Trinajstić information content (AvgIpc) is 3.78. The molecule has 7 rings (SSSR count). The van der Waals surface area contributed by atoms with Gasteiger partial charge in [0, 0.05) is 43.5 Å². The molecule has 15 heteroatoms. The van der Waals surface area contributed by atoms with Crippen LogP contribution in [0.3, 0.4) is 0 Å². The first-order valence-corrected chi connectivity index (χ1v) is 17.8. The van der Waals surface area contributed by atoms with Gasteiger partial charge in [-0.3, -0.25) is 0 Å². The van der Waals surface area contributed by atoms with Crippen molar-refractivity contribution < 1.29 is 26.3 Å². The van der Waals surface area contributed by atoms with Gasteiger partial charge >= 0.3 is 0 Å². The van der Waals surface area contributed by atoms with Crippen molar-refractivity contribution in [1.82, 2.24) is 19.9 Å². The number of benzene rings is 2. The molecule has 0 radical (unpaired) electrons. The number of pyridine rings is 1. The van der Waals surface area contributed by atoms with Gasteiger partial charge in [0.05, 0.1) is 47.1 Å². The van der Waals surface area contributed by atoms with Gasteiger partial charge in [0.2, 0.25) is 5.95 Å². The topological polar surface area (TPSA) is 113 Å². The van der Waals surface area contributed by atoms with E-state index in [4.69, 9.17) is 14.7 Å². The Bertz CT molecular complexity index is 2030. The molecule has 0 bridgehead atoms. The third kappa shape index (κ3) is 6.70. The number of halogens is 3. The normalized spacial score (nSPS) is 15.2. The quantitative estimate of drug-likeness (QED) is 0.191. The molecule has 5 heterocycles. The number of sulfone groups is 1. The maximum absolute atomic E-state index is 15.1. The maximum Gasteiger partial charge on any atom is 0.227 e. The average molecular weight is 694 g/mol. The first-order chi connectivity index (χ1) is 23.2. The van der Waals surface area contributed by atoms with Gasteiger partial charge in [0.1, 0.15) is 28.2 Å². The largest absolute Gasteiger partial charge is 0.378 e. The van der Waals surface area contributed by atoms with Crippen LogP contribution >= 0.6 is 11.3 Å². The summed E-state index contributed by atoms with van der Waals surface area (Å²) >= 11 is 1.42. The Morgan fingerprint density at radius 3 is 2.35 bits per heavy atom. The van der Waals surface area contributed by atoms with Gasteiger partial charge in [-0.2, -0.15) is 0 Å². The van der Waals surface area contributed by atoms with Crippen LogP contribution in [0.15, 0.2) is 71.9 Å². The molecular weight excluding hydrogens is 664 g/mol. The second-order valence-corrected chi connectivity index (χ2v) is 14.3. The Labute approximate surface area is 279 Å². The summed E-state index contributed by atoms with van der Waals surface area (Å²) in [6.07, 6.45) is 5.38. The summed E-state index contributed by atoms with van der Waals surface area (Å²) in [4.78, 5) is 22.5. The monoisotopic (exact) mass is 693 g/mol. The van der Waals surface area contributed by atoms with Crippen molar-refractivity contribution in [3.8, 4) is 21.8 Å². The van der Waals surface area contributed by atoms with Crippen LogP contribution in [0, 0.1) is 17.5 Å². The van der Waals surface area contributed by atoms with Gasteiger partial charge in [0.25, 0.3) is 0 Å². The van der Waals surface area contributed by atoms with Crippen LogP contribution in [0.5, 0.6) is 0 Å². The molecule has 3 aromatic heterocycles. The predicted octanol–water partition coefficient (Wildman–Crippen LogP) is 6.23. The number of morpholine rings is 1. The SMILES string of the molecule is O=S(=O)(Cc1cc(-c2nc(N3CCCC3)sc2-c2ccnc(Nc3ccc(N4CCOCC4)nc3)n2)ccc1F)c1c(F)cccc1F. The molecule has 48 heavy (non-hydrogen) atoms. The number of nitrogens with zero attached hydrogens (tertiary/aromatic N) is 6. The van der Waals surface area contributed by atoms with Crippen LogP contribution in [0.4, 0.5) is 35.8 Å². The highest BCUT2D eigenvalue weighted by Crippen LogP contribution is 2.41. The third-order valence-electron chi connectivity index (χ3n) is 8.11. The molecule has 0 amide bonds. The van der Waals surface area contributed by atoms with Crippen molar-refractivity contribution in [3.05, 3.63) is 90.0 Å². The Hall–Kier alpha value is -4.60. The molecule has 2 saturated heterocycles. The Kier molecular flexibility index (Phi) is 8.98. The smallest absolute Gasteiger partial charge is 0.227 e. The Morgan fingerprint density at radius 1 is 0.854 bits per heavy atom. The van der Waals surface area contributed by atoms with E-state index in [0.717, 1.165) is 74.2 Å². The fraction of sp³-hybridized carbons (Fsp3) is 0.273. The van der Waals surface area contributed by atoms with E-state index in [1.807, 2.05) is 12.1 Å². The minimum atomic E-state index is -4.57. The fourth-order valence-electron chi connectivity index (χ4n) is 5.72. The molecule has 0 unspecified atom stereocenters. The van der Waals surface area contributed by atoms with Crippen molar-refractivity contribution >= 4 is 43.8 Å². The van der Waals surface area contributed by atoms with Crippen LogP contribution in [-0.4, -0.2) is 67.7 Å². The molecule has 5 aromatic rings. The second-order valence-electron chi connectivity index (χ2n) is 11.4. The number of ether oxygens (including phenoxy) is 1. The minimum Gasteiger partial charge on any atom is -0.378 e. The molecule has 0 saturated carbocycles. The highest BCUT2D eigenvalue weighted by Gasteiger charge is 2.27. The van der Waals surface area contributed by atoms with E-state index in [9.17, 15) is 17.2 Å². The molecule has 0 aliphatic carbocycles. The zero-order valence-electron chi connectivity index (χ0n) is 25.6. The lowest BCUT2D eigenvalue weighted by Gasteiger charge is -2.27. The molecule has 248 valence electrons. The van der Waals surface area contributed by atoms with E-state index in [1.54, 1.807) is 18.5 Å². The summed E-state index contributed by atoms with van der Waals surface area (Å²) in [6, 6.07) is 12.3. The minimum absolute atomic E-state index is 0.241. The standard InChI is InChI=1S/C33H30F3N7O3S2/c34-24-8-6-21(18-22(24)20-48(44,45)31-25(35)4-3-5-26(31)36)29-30(47-33(41-29)43-12-1-2-13-43)27-10-11-37-32(40-27)39-23-7-9-28(38-19-23)42-14-16-46-17-15-42/h3-11,18-19H,1-2,12-17,20H2,(H,37,39,40). The van der Waals surface area contributed by atoms with Crippen molar-refractivity contribution in [2.75, 3.05) is 54.5 Å². The Balaban J connectivity index is 1.21. The number of anilines is 4. The summed E-state index contributed by atoms with van der Waals surface area (Å²) in [5.74, 6) is -3.05. The van der Waals surface area contributed by atoms with Crippen LogP contribution < -0.4 is 15.1 Å². The highest BCUT2D eigenvalue weighted by molar-refractivity contribution is 7.90. The summed E-state index contributed by atoms with van der Waals surface area (Å²) in [7, 11) is -4.57. The lowest BCUT2D eigenvalue weighted by Crippen LogP contribution is -2.36. The molecule has 2 aromatic carbocycles. The zero-order chi connectivity index (χ0) is 33.3. The molecule has 0 atom stereocenters. The zero-order valence-corrected chi connectivity index (χ0v) is 27.2. The first-order valence-electron chi connectivity index (χ1n) is 15.4. The highest BCUT2D eigenvalue weighted by atomic mass is 32.2. The summed E-state index contributed by atoms with van der Waals surface area (Å²) in [5, 5.41) is 3.95. The van der Waals surface area contributed by atoms with E-state index in [-0.39, 0.29) is 5.56 Å². The molecule has 2 fully saturated rings. The summed E-state index contributed by atoms with van der Waals surface area (Å²) in [5.41, 5.74) is 1.91. The van der Waals surface area contributed by atoms with Gasteiger partial charge in [-0.1, -0.05) is 17.4 Å². The first kappa shape index (κ1) is 32.0. The van der Waals surface area contributed by atoms with Crippen molar-refractivity contribution in [1.29, 1.82) is 0 Å². The van der Waals surface area contributed by atoms with Crippen LogP contribution in [0.25, 0.3) is 21.8 Å². The predicted molar refractivity (Wildman–Crippen MR) is 178 cm³/mol. The number of rotatable bonds is 9. The van der Waals surface area contributed by atoms with E-state index in [2.05, 4.69) is 25.1 Å². The second kappa shape index (κ2) is 13.5. The summed E-state index contributed by atoms with van der Waals surface area (Å²) in [6.45, 7) is 4.53. The number of aromatic nitrogens is 4. The van der Waals surface area contributed by atoms with Crippen molar-refractivity contribution in [2.45, 2.75) is 23.5 Å². The summed E-state index contributed by atoms with van der Waals surface area (Å²) < 4.78 is 75.5. The lowest BCUT2D eigenvalue weighted by molar-refractivity contribution is 0.122. The molecule has 0 spiro atoms. The lowest BCUT2D eigenvalue weighted by atomic mass is 10.1. The van der Waals surface area contributed by atoms with E-state index in [0.29, 0.717) is 46.7 Å². The van der Waals surface area contributed by atoms with Crippen LogP contribution in [-0.2, 0) is 20.3 Å². The molecule has 1 N–H and O–H groups in total. The van der Waals surface area contributed by atoms with Crippen LogP contribution in [0.1, 0.15) is 18.4 Å². The molecule has 2 aliphatic rings. The van der Waals surface area contributed by atoms with Gasteiger partial charge in [0.15, 0.2) is 15.0 Å². The van der Waals surface area contributed by atoms with E-state index in [1.165, 1.54) is 23.5 Å². The van der Waals surface area contributed by atoms with E-state index < -0.39 is 37.9 Å².